The van der Waals surface area contributed by atoms with E-state index in [1.165, 1.54) is 0 Å². The van der Waals surface area contributed by atoms with Gasteiger partial charge in [-0.3, -0.25) is 15.0 Å². The number of nitrogens with zero attached hydrogens (tertiary/aromatic N) is 1. The molecule has 0 fully saturated rings. The van der Waals surface area contributed by atoms with Crippen molar-refractivity contribution in [3.63, 3.8) is 0 Å². The van der Waals surface area contributed by atoms with E-state index in [2.05, 4.69) is 0 Å². The molecular formula is C30H39FN2O6. The topological polar surface area (TPSA) is 98.2 Å². The number of aryl methyl sites for hydroxylation is 1. The zero-order valence-corrected chi connectivity index (χ0v) is 24.0. The smallest absolute Gasteiger partial charge is 0.306 e. The monoisotopic (exact) mass is 542 g/mol. The molecule has 3 rings (SSSR count). The molecule has 9 heteroatoms. The van der Waals surface area contributed by atoms with Crippen molar-refractivity contribution in [2.45, 2.75) is 66.3 Å². The Morgan fingerprint density at radius 1 is 1.03 bits per heavy atom. The van der Waals surface area contributed by atoms with Crippen LogP contribution in [0.15, 0.2) is 18.2 Å². The van der Waals surface area contributed by atoms with Gasteiger partial charge in [0.15, 0.2) is 23.1 Å². The summed E-state index contributed by atoms with van der Waals surface area (Å²) < 4.78 is 37.3. The van der Waals surface area contributed by atoms with Crippen molar-refractivity contribution in [1.82, 2.24) is 4.90 Å². The van der Waals surface area contributed by atoms with Gasteiger partial charge in [-0.1, -0.05) is 20.8 Å². The second-order valence-corrected chi connectivity index (χ2v) is 10.3. The summed E-state index contributed by atoms with van der Waals surface area (Å²) in [5.41, 5.74) is 2.35. The summed E-state index contributed by atoms with van der Waals surface area (Å²) in [7, 11) is 1.57. The van der Waals surface area contributed by atoms with E-state index < -0.39 is 5.82 Å². The number of hydrogen-bond donors (Lipinski definition) is 1. The first-order valence-corrected chi connectivity index (χ1v) is 13.3. The third-order valence-corrected chi connectivity index (χ3v) is 6.51. The van der Waals surface area contributed by atoms with Gasteiger partial charge in [0.05, 0.1) is 39.0 Å². The highest BCUT2D eigenvalue weighted by atomic mass is 19.1. The van der Waals surface area contributed by atoms with Gasteiger partial charge in [-0.2, -0.15) is 0 Å². The predicted molar refractivity (Wildman–Crippen MR) is 147 cm³/mol. The van der Waals surface area contributed by atoms with Crippen LogP contribution in [0.25, 0.3) is 0 Å². The molecule has 0 amide bonds. The summed E-state index contributed by atoms with van der Waals surface area (Å²) >= 11 is 0. The van der Waals surface area contributed by atoms with E-state index in [-0.39, 0.29) is 66.2 Å². The number of halogens is 1. The molecular weight excluding hydrogens is 503 g/mol. The zero-order valence-electron chi connectivity index (χ0n) is 24.0. The van der Waals surface area contributed by atoms with Gasteiger partial charge in [-0.25, -0.2) is 4.39 Å². The lowest BCUT2D eigenvalue weighted by molar-refractivity contribution is -0.143. The van der Waals surface area contributed by atoms with E-state index in [0.717, 1.165) is 11.1 Å². The van der Waals surface area contributed by atoms with Crippen LogP contribution in [0, 0.1) is 11.2 Å². The minimum absolute atomic E-state index is 0.0211. The summed E-state index contributed by atoms with van der Waals surface area (Å²) in [6.45, 7) is 12.3. The molecule has 0 unspecified atom stereocenters. The van der Waals surface area contributed by atoms with Crippen LogP contribution in [-0.2, 0) is 27.9 Å². The van der Waals surface area contributed by atoms with Gasteiger partial charge >= 0.3 is 5.97 Å². The minimum Gasteiger partial charge on any atom is -0.496 e. The lowest BCUT2D eigenvalue weighted by Crippen LogP contribution is -2.31. The highest BCUT2D eigenvalue weighted by molar-refractivity contribution is 6.06. The highest BCUT2D eigenvalue weighted by Crippen LogP contribution is 2.40. The number of amidine groups is 1. The van der Waals surface area contributed by atoms with E-state index in [4.69, 9.17) is 24.4 Å². The van der Waals surface area contributed by atoms with Crippen LogP contribution in [0.1, 0.15) is 80.6 Å². The van der Waals surface area contributed by atoms with E-state index in [0.29, 0.717) is 36.5 Å². The van der Waals surface area contributed by atoms with Crippen LogP contribution in [0.3, 0.4) is 0 Å². The normalized spacial score (nSPS) is 12.8. The first kappa shape index (κ1) is 29.9. The van der Waals surface area contributed by atoms with Gasteiger partial charge in [0.2, 0.25) is 0 Å². The van der Waals surface area contributed by atoms with Crippen molar-refractivity contribution >= 4 is 17.6 Å². The van der Waals surface area contributed by atoms with Crippen molar-refractivity contribution < 1.29 is 32.9 Å². The lowest BCUT2D eigenvalue weighted by Gasteiger charge is -2.25. The Balaban J connectivity index is 1.93. The van der Waals surface area contributed by atoms with Crippen LogP contribution in [0.4, 0.5) is 4.39 Å². The summed E-state index contributed by atoms with van der Waals surface area (Å²) in [5, 5.41) is 8.65. The molecule has 0 saturated carbocycles. The number of ketones is 1. The average Bonchev–Trinajstić information content (AvgIpc) is 3.18. The number of carbonyl (C=O) groups is 2. The summed E-state index contributed by atoms with van der Waals surface area (Å²) in [6.07, 6.45) is 0.504. The number of nitrogens with one attached hydrogen (secondary N) is 1. The first-order chi connectivity index (χ1) is 18.5. The van der Waals surface area contributed by atoms with Crippen molar-refractivity contribution in [2.24, 2.45) is 0 Å². The molecule has 2 aromatic carbocycles. The maximum Gasteiger partial charge on any atom is 0.306 e. The minimum atomic E-state index is -0.654. The predicted octanol–water partition coefficient (Wildman–Crippen LogP) is 5.45. The third-order valence-electron chi connectivity index (χ3n) is 6.51. The Morgan fingerprint density at radius 3 is 2.31 bits per heavy atom. The number of methoxy groups -OCH3 is 1. The first-order valence-electron chi connectivity index (χ1n) is 13.3. The third kappa shape index (κ3) is 6.52. The number of esters is 1. The molecule has 2 aromatic rings. The molecule has 0 atom stereocenters. The van der Waals surface area contributed by atoms with E-state index in [9.17, 15) is 9.59 Å². The maximum absolute atomic E-state index is 15.4. The Kier molecular flexibility index (Phi) is 9.59. The number of benzene rings is 2. The molecule has 212 valence electrons. The van der Waals surface area contributed by atoms with Crippen LogP contribution < -0.4 is 14.2 Å². The van der Waals surface area contributed by atoms with Crippen LogP contribution in [-0.4, -0.2) is 56.0 Å². The zero-order chi connectivity index (χ0) is 28.9. The SMILES string of the molecule is CCOC(=O)CCc1cc(C(=O)CN2Cc3cc(OCC)c(OCC)c(F)c3C2=N)cc(C(C)(C)C)c1OC. The standard InChI is InChI=1S/C30H39FN2O6/c1-8-37-23-15-20-16-33(29(32)25(20)26(31)28(23)39-10-3)17-22(34)19-13-18(11-12-24(35)38-9-2)27(36-7)21(14-19)30(4,5)6/h13-15,32H,8-12,16-17H2,1-7H3. The Labute approximate surface area is 229 Å². The molecule has 1 heterocycles. The molecule has 0 radical (unpaired) electrons. The summed E-state index contributed by atoms with van der Waals surface area (Å²) in [6, 6.07) is 5.23. The molecule has 0 bridgehead atoms. The Hall–Kier alpha value is -3.62. The van der Waals surface area contributed by atoms with Crippen LogP contribution >= 0.6 is 0 Å². The average molecular weight is 543 g/mol. The van der Waals surface area contributed by atoms with Crippen LogP contribution in [0.5, 0.6) is 17.2 Å². The van der Waals surface area contributed by atoms with E-state index in [1.54, 1.807) is 44.9 Å². The summed E-state index contributed by atoms with van der Waals surface area (Å²) in [5.74, 6) is -0.380. The Morgan fingerprint density at radius 2 is 1.72 bits per heavy atom. The Bertz CT molecular complexity index is 1250. The molecule has 0 aromatic heterocycles. The number of fused-ring (bicyclic) bond motifs is 1. The van der Waals surface area contributed by atoms with Gasteiger partial charge in [0.1, 0.15) is 11.6 Å². The maximum atomic E-state index is 15.4. The number of ether oxygens (including phenoxy) is 4. The molecule has 8 nitrogen and oxygen atoms in total. The van der Waals surface area contributed by atoms with Crippen molar-refractivity contribution in [2.75, 3.05) is 33.5 Å². The van der Waals surface area contributed by atoms with Crippen molar-refractivity contribution in [3.05, 3.63) is 51.8 Å². The largest absolute Gasteiger partial charge is 0.496 e. The number of Topliss-reactive ketones (excluding diaryl/α,β-unsaturated/α-hetero) is 1. The molecule has 0 spiro atoms. The molecule has 1 N–H and O–H groups in total. The number of rotatable bonds is 12. The second-order valence-electron chi connectivity index (χ2n) is 10.3. The second kappa shape index (κ2) is 12.5. The van der Waals surface area contributed by atoms with E-state index >= 15 is 4.39 Å². The molecule has 0 aliphatic carbocycles. The molecule has 39 heavy (non-hydrogen) atoms. The summed E-state index contributed by atoms with van der Waals surface area (Å²) in [4.78, 5) is 27.2. The van der Waals surface area contributed by atoms with Crippen molar-refractivity contribution in [1.29, 1.82) is 5.41 Å². The van der Waals surface area contributed by atoms with Gasteiger partial charge in [-0.05, 0) is 61.9 Å². The van der Waals surface area contributed by atoms with Gasteiger partial charge in [0.25, 0.3) is 0 Å². The quantitative estimate of drug-likeness (QED) is 0.281. The van der Waals surface area contributed by atoms with Gasteiger partial charge in [0, 0.05) is 24.1 Å². The lowest BCUT2D eigenvalue weighted by atomic mass is 9.83. The highest BCUT2D eigenvalue weighted by Gasteiger charge is 2.33. The van der Waals surface area contributed by atoms with Gasteiger partial charge < -0.3 is 23.8 Å². The molecule has 1 aliphatic rings. The number of carbonyl (C=O) groups excluding carboxylic acids is 2. The molecule has 0 saturated heterocycles. The van der Waals surface area contributed by atoms with Crippen molar-refractivity contribution in [3.8, 4) is 17.2 Å². The fourth-order valence-corrected chi connectivity index (χ4v) is 4.73. The van der Waals surface area contributed by atoms with E-state index in [1.807, 2.05) is 26.8 Å². The number of hydrogen-bond acceptors (Lipinski definition) is 7. The van der Waals surface area contributed by atoms with Crippen LogP contribution in [0.2, 0.25) is 0 Å². The fraction of sp³-hybridized carbons (Fsp3) is 0.500. The van der Waals surface area contributed by atoms with Gasteiger partial charge in [-0.15, -0.1) is 0 Å². The molecule has 1 aliphatic heterocycles. The fourth-order valence-electron chi connectivity index (χ4n) is 4.73.